The van der Waals surface area contributed by atoms with E-state index in [1.54, 1.807) is 0 Å². The van der Waals surface area contributed by atoms with E-state index in [-0.39, 0.29) is 5.54 Å². The summed E-state index contributed by atoms with van der Waals surface area (Å²) >= 11 is 0. The molecule has 0 saturated carbocycles. The minimum Gasteiger partial charge on any atom is -0.329 e. The summed E-state index contributed by atoms with van der Waals surface area (Å²) in [5.74, 6) is 0. The summed E-state index contributed by atoms with van der Waals surface area (Å²) in [7, 11) is 0. The molecule has 0 aliphatic carbocycles. The van der Waals surface area contributed by atoms with E-state index in [2.05, 4.69) is 25.7 Å². The van der Waals surface area contributed by atoms with Crippen LogP contribution in [0.1, 0.15) is 27.2 Å². The number of rotatable bonds is 5. The average molecular weight is 156 g/mol. The smallest absolute Gasteiger partial charge is 0.0276 e. The number of nitrogens with one attached hydrogen (secondary N) is 1. The third kappa shape index (κ3) is 4.17. The minimum absolute atomic E-state index is 0.0823. The molecule has 1 unspecified atom stereocenters. The topological polar surface area (TPSA) is 38.0 Å². The van der Waals surface area contributed by atoms with Crippen LogP contribution in [0.4, 0.5) is 0 Å². The highest BCUT2D eigenvalue weighted by molar-refractivity contribution is 4.95. The van der Waals surface area contributed by atoms with Crippen LogP contribution in [0.5, 0.6) is 0 Å². The summed E-state index contributed by atoms with van der Waals surface area (Å²) in [5.41, 5.74) is 6.84. The van der Waals surface area contributed by atoms with E-state index < -0.39 is 0 Å². The third-order valence-corrected chi connectivity index (χ3v) is 2.05. The molecule has 0 aromatic heterocycles. The molecule has 3 N–H and O–H groups in total. The van der Waals surface area contributed by atoms with Crippen molar-refractivity contribution in [3.05, 3.63) is 12.2 Å². The van der Waals surface area contributed by atoms with Crippen molar-refractivity contribution >= 4 is 0 Å². The van der Waals surface area contributed by atoms with Crippen molar-refractivity contribution in [2.45, 2.75) is 32.7 Å². The Hall–Kier alpha value is -0.340. The van der Waals surface area contributed by atoms with Crippen LogP contribution in [0, 0.1) is 0 Å². The van der Waals surface area contributed by atoms with Crippen molar-refractivity contribution in [2.24, 2.45) is 5.73 Å². The van der Waals surface area contributed by atoms with Crippen LogP contribution < -0.4 is 11.1 Å². The lowest BCUT2D eigenvalue weighted by atomic mass is 9.99. The van der Waals surface area contributed by atoms with Gasteiger partial charge in [0.25, 0.3) is 0 Å². The summed E-state index contributed by atoms with van der Waals surface area (Å²) in [6.45, 7) is 11.6. The molecule has 0 spiro atoms. The zero-order valence-electron chi connectivity index (χ0n) is 7.91. The number of nitrogens with two attached hydrogens (primary N) is 1. The van der Waals surface area contributed by atoms with Crippen LogP contribution in [0.3, 0.4) is 0 Å². The van der Waals surface area contributed by atoms with Gasteiger partial charge < -0.3 is 11.1 Å². The second-order valence-corrected chi connectivity index (χ2v) is 3.43. The Morgan fingerprint density at radius 3 is 2.45 bits per heavy atom. The molecule has 66 valence electrons. The number of hydrogen-bond donors (Lipinski definition) is 2. The third-order valence-electron chi connectivity index (χ3n) is 2.05. The molecule has 0 bridgehead atoms. The summed E-state index contributed by atoms with van der Waals surface area (Å²) < 4.78 is 0. The molecule has 0 amide bonds. The maximum atomic E-state index is 5.61. The van der Waals surface area contributed by atoms with Gasteiger partial charge in [0.15, 0.2) is 0 Å². The van der Waals surface area contributed by atoms with Crippen molar-refractivity contribution in [2.75, 3.05) is 13.1 Å². The first-order valence-electron chi connectivity index (χ1n) is 4.13. The van der Waals surface area contributed by atoms with Crippen LogP contribution in [0.2, 0.25) is 0 Å². The molecule has 0 aromatic rings. The summed E-state index contributed by atoms with van der Waals surface area (Å²) in [6, 6.07) is 0. The molecule has 2 heteroatoms. The first-order chi connectivity index (χ1) is 5.04. The highest BCUT2D eigenvalue weighted by Gasteiger charge is 2.17. The van der Waals surface area contributed by atoms with Crippen molar-refractivity contribution in [1.82, 2.24) is 5.32 Å². The summed E-state index contributed by atoms with van der Waals surface area (Å²) in [4.78, 5) is 0. The van der Waals surface area contributed by atoms with Crippen molar-refractivity contribution in [1.29, 1.82) is 0 Å². The minimum atomic E-state index is 0.0823. The zero-order chi connectivity index (χ0) is 8.91. The van der Waals surface area contributed by atoms with Gasteiger partial charge in [-0.25, -0.2) is 0 Å². The molecule has 0 fully saturated rings. The monoisotopic (exact) mass is 156 g/mol. The lowest BCUT2D eigenvalue weighted by Gasteiger charge is -2.28. The Bertz CT molecular complexity index is 126. The van der Waals surface area contributed by atoms with Gasteiger partial charge in [-0.3, -0.25) is 0 Å². The van der Waals surface area contributed by atoms with E-state index >= 15 is 0 Å². The highest BCUT2D eigenvalue weighted by atomic mass is 15.0. The molecule has 0 aliphatic rings. The molecule has 2 nitrogen and oxygen atoms in total. The SMILES string of the molecule is C=C(C)CNC(C)(CC)CN. The van der Waals surface area contributed by atoms with Gasteiger partial charge in [0.1, 0.15) is 0 Å². The molecule has 0 rings (SSSR count). The van der Waals surface area contributed by atoms with Gasteiger partial charge in [-0.1, -0.05) is 19.1 Å². The Kier molecular flexibility index (Phi) is 4.38. The molecule has 11 heavy (non-hydrogen) atoms. The molecule has 0 heterocycles. The second kappa shape index (κ2) is 4.52. The van der Waals surface area contributed by atoms with Crippen LogP contribution in [-0.4, -0.2) is 18.6 Å². The van der Waals surface area contributed by atoms with Crippen LogP contribution in [-0.2, 0) is 0 Å². The maximum absolute atomic E-state index is 5.61. The van der Waals surface area contributed by atoms with Crippen LogP contribution in [0.25, 0.3) is 0 Å². The van der Waals surface area contributed by atoms with Crippen molar-refractivity contribution in [3.8, 4) is 0 Å². The quantitative estimate of drug-likeness (QED) is 0.588. The predicted molar refractivity (Wildman–Crippen MR) is 50.6 cm³/mol. The lowest BCUT2D eigenvalue weighted by Crippen LogP contribution is -2.48. The molecule has 0 aromatic carbocycles. The van der Waals surface area contributed by atoms with Gasteiger partial charge in [0.2, 0.25) is 0 Å². The van der Waals surface area contributed by atoms with Gasteiger partial charge in [0.05, 0.1) is 0 Å². The molecular weight excluding hydrogens is 136 g/mol. The Morgan fingerprint density at radius 2 is 2.18 bits per heavy atom. The van der Waals surface area contributed by atoms with E-state index in [1.807, 2.05) is 6.92 Å². The predicted octanol–water partition coefficient (Wildman–Crippen LogP) is 1.28. The zero-order valence-corrected chi connectivity index (χ0v) is 7.91. The Labute approximate surface area is 69.9 Å². The fourth-order valence-electron chi connectivity index (χ4n) is 0.706. The number of hydrogen-bond acceptors (Lipinski definition) is 2. The van der Waals surface area contributed by atoms with E-state index in [4.69, 9.17) is 5.73 Å². The Balaban J connectivity index is 3.78. The first kappa shape index (κ1) is 10.7. The Morgan fingerprint density at radius 1 is 1.64 bits per heavy atom. The lowest BCUT2D eigenvalue weighted by molar-refractivity contribution is 0.365. The van der Waals surface area contributed by atoms with Crippen molar-refractivity contribution < 1.29 is 0 Å². The molecule has 0 saturated heterocycles. The van der Waals surface area contributed by atoms with Gasteiger partial charge in [-0.15, -0.1) is 0 Å². The van der Waals surface area contributed by atoms with Crippen molar-refractivity contribution in [3.63, 3.8) is 0 Å². The van der Waals surface area contributed by atoms with Crippen LogP contribution in [0.15, 0.2) is 12.2 Å². The van der Waals surface area contributed by atoms with E-state index in [1.165, 1.54) is 0 Å². The molecule has 0 aliphatic heterocycles. The highest BCUT2D eigenvalue weighted by Crippen LogP contribution is 2.06. The van der Waals surface area contributed by atoms with Gasteiger partial charge in [0, 0.05) is 18.6 Å². The van der Waals surface area contributed by atoms with Gasteiger partial charge >= 0.3 is 0 Å². The molecule has 1 atom stereocenters. The fourth-order valence-corrected chi connectivity index (χ4v) is 0.706. The molecular formula is C9H20N2. The van der Waals surface area contributed by atoms with Gasteiger partial charge in [-0.05, 0) is 20.3 Å². The maximum Gasteiger partial charge on any atom is 0.0276 e. The van der Waals surface area contributed by atoms with Gasteiger partial charge in [-0.2, -0.15) is 0 Å². The van der Waals surface area contributed by atoms with E-state index in [0.717, 1.165) is 18.5 Å². The summed E-state index contributed by atoms with van der Waals surface area (Å²) in [6.07, 6.45) is 1.05. The first-order valence-corrected chi connectivity index (χ1v) is 4.13. The second-order valence-electron chi connectivity index (χ2n) is 3.43. The fraction of sp³-hybridized carbons (Fsp3) is 0.778. The normalized spacial score (nSPS) is 16.0. The largest absolute Gasteiger partial charge is 0.329 e. The van der Waals surface area contributed by atoms with E-state index in [0.29, 0.717) is 6.54 Å². The van der Waals surface area contributed by atoms with E-state index in [9.17, 15) is 0 Å². The average Bonchev–Trinajstić information content (AvgIpc) is 2.00. The summed E-state index contributed by atoms with van der Waals surface area (Å²) in [5, 5.41) is 3.37. The molecule has 0 radical (unpaired) electrons. The van der Waals surface area contributed by atoms with Crippen LogP contribution >= 0.6 is 0 Å². The standard InChI is InChI=1S/C9H20N2/c1-5-9(4,7-10)11-6-8(2)3/h11H,2,5-7,10H2,1,3-4H3.